The van der Waals surface area contributed by atoms with Gasteiger partial charge in [-0.25, -0.2) is 0 Å². The zero-order valence-electron chi connectivity index (χ0n) is 12.7. The fourth-order valence-corrected chi connectivity index (χ4v) is 2.11. The van der Waals surface area contributed by atoms with Crippen molar-refractivity contribution in [3.8, 4) is 11.5 Å². The predicted octanol–water partition coefficient (Wildman–Crippen LogP) is 2.58. The van der Waals surface area contributed by atoms with Crippen molar-refractivity contribution in [2.24, 2.45) is 0 Å². The molecule has 0 spiro atoms. The molecule has 0 aliphatic rings. The molecule has 0 bridgehead atoms. The molecule has 0 radical (unpaired) electrons. The van der Waals surface area contributed by atoms with E-state index in [4.69, 9.17) is 4.74 Å². The van der Waals surface area contributed by atoms with E-state index >= 15 is 0 Å². The van der Waals surface area contributed by atoms with Crippen LogP contribution in [0.1, 0.15) is 15.9 Å². The van der Waals surface area contributed by atoms with E-state index in [1.54, 1.807) is 26.3 Å². The Kier molecular flexibility index (Phi) is 4.80. The molecule has 0 saturated heterocycles. The molecule has 2 aromatic rings. The minimum atomic E-state index is -0.704. The Morgan fingerprint density at radius 1 is 1.26 bits per heavy atom. The van der Waals surface area contributed by atoms with E-state index in [9.17, 15) is 20.0 Å². The van der Waals surface area contributed by atoms with E-state index in [0.29, 0.717) is 6.54 Å². The van der Waals surface area contributed by atoms with Crippen LogP contribution in [0.15, 0.2) is 42.5 Å². The van der Waals surface area contributed by atoms with Gasteiger partial charge in [0.25, 0.3) is 5.91 Å². The lowest BCUT2D eigenvalue weighted by molar-refractivity contribution is -0.385. The summed E-state index contributed by atoms with van der Waals surface area (Å²) in [5.41, 5.74) is 0.663. The van der Waals surface area contributed by atoms with E-state index in [0.717, 1.165) is 23.4 Å². The van der Waals surface area contributed by atoms with Gasteiger partial charge in [-0.1, -0.05) is 12.1 Å². The van der Waals surface area contributed by atoms with Crippen molar-refractivity contribution >= 4 is 11.6 Å². The number of carbonyl (C=O) groups excluding carboxylic acids is 1. The second kappa shape index (κ2) is 6.78. The molecule has 1 amide bonds. The first-order valence-corrected chi connectivity index (χ1v) is 6.78. The van der Waals surface area contributed by atoms with Crippen LogP contribution in [0.2, 0.25) is 0 Å². The number of amides is 1. The predicted molar refractivity (Wildman–Crippen MR) is 83.6 cm³/mol. The number of hydrogen-bond acceptors (Lipinski definition) is 5. The quantitative estimate of drug-likeness (QED) is 0.676. The molecule has 0 saturated carbocycles. The maximum atomic E-state index is 12.3. The number of rotatable bonds is 5. The molecular weight excluding hydrogens is 300 g/mol. The first kappa shape index (κ1) is 16.3. The van der Waals surface area contributed by atoms with Gasteiger partial charge in [-0.3, -0.25) is 14.9 Å². The summed E-state index contributed by atoms with van der Waals surface area (Å²) in [6.45, 7) is 0.362. The lowest BCUT2D eigenvalue weighted by atomic mass is 10.1. The zero-order chi connectivity index (χ0) is 17.0. The molecule has 7 heteroatoms. The number of methoxy groups -OCH3 is 1. The van der Waals surface area contributed by atoms with Gasteiger partial charge in [-0.15, -0.1) is 0 Å². The highest BCUT2D eigenvalue weighted by molar-refractivity contribution is 5.94. The second-order valence-electron chi connectivity index (χ2n) is 4.97. The van der Waals surface area contributed by atoms with Crippen LogP contribution in [0, 0.1) is 10.1 Å². The smallest absolute Gasteiger partial charge is 0.310 e. The van der Waals surface area contributed by atoms with Gasteiger partial charge in [0.05, 0.1) is 12.0 Å². The first-order chi connectivity index (χ1) is 10.9. The van der Waals surface area contributed by atoms with Crippen LogP contribution in [0.5, 0.6) is 11.5 Å². The van der Waals surface area contributed by atoms with Gasteiger partial charge < -0.3 is 14.7 Å². The number of phenols is 1. The van der Waals surface area contributed by atoms with Crippen molar-refractivity contribution in [1.29, 1.82) is 0 Å². The molecule has 2 rings (SSSR count). The molecule has 7 nitrogen and oxygen atoms in total. The van der Waals surface area contributed by atoms with Crippen LogP contribution < -0.4 is 4.74 Å². The second-order valence-corrected chi connectivity index (χ2v) is 4.97. The Labute approximate surface area is 132 Å². The van der Waals surface area contributed by atoms with Crippen LogP contribution in [0.4, 0.5) is 5.69 Å². The number of hydrogen-bond donors (Lipinski definition) is 1. The van der Waals surface area contributed by atoms with Gasteiger partial charge in [0.2, 0.25) is 0 Å². The van der Waals surface area contributed by atoms with Gasteiger partial charge in [0.1, 0.15) is 5.75 Å². The topological polar surface area (TPSA) is 92.9 Å². The average molecular weight is 316 g/mol. The summed E-state index contributed by atoms with van der Waals surface area (Å²) in [6.07, 6.45) is 0. The Morgan fingerprint density at radius 3 is 2.43 bits per heavy atom. The third kappa shape index (κ3) is 3.76. The van der Waals surface area contributed by atoms with Gasteiger partial charge in [0, 0.05) is 25.2 Å². The molecule has 0 unspecified atom stereocenters. The van der Waals surface area contributed by atoms with Gasteiger partial charge in [-0.05, 0) is 29.8 Å². The van der Waals surface area contributed by atoms with Gasteiger partial charge >= 0.3 is 5.69 Å². The first-order valence-electron chi connectivity index (χ1n) is 6.78. The van der Waals surface area contributed by atoms with E-state index < -0.39 is 16.4 Å². The number of nitro groups is 1. The van der Waals surface area contributed by atoms with Crippen molar-refractivity contribution in [1.82, 2.24) is 4.90 Å². The lowest BCUT2D eigenvalue weighted by Crippen LogP contribution is -2.26. The van der Waals surface area contributed by atoms with Crippen LogP contribution >= 0.6 is 0 Å². The zero-order valence-corrected chi connectivity index (χ0v) is 12.7. The lowest BCUT2D eigenvalue weighted by Gasteiger charge is -2.17. The van der Waals surface area contributed by atoms with Crippen LogP contribution in [-0.4, -0.2) is 35.0 Å². The van der Waals surface area contributed by atoms with Gasteiger partial charge in [0.15, 0.2) is 5.75 Å². The molecule has 0 fully saturated rings. The van der Waals surface area contributed by atoms with Crippen molar-refractivity contribution in [2.45, 2.75) is 6.54 Å². The Hall–Kier alpha value is -3.09. The number of carbonyl (C=O) groups is 1. The maximum absolute atomic E-state index is 12.3. The van der Waals surface area contributed by atoms with Crippen molar-refractivity contribution in [2.75, 3.05) is 14.2 Å². The van der Waals surface area contributed by atoms with Crippen LogP contribution in [-0.2, 0) is 6.54 Å². The summed E-state index contributed by atoms with van der Waals surface area (Å²) in [4.78, 5) is 23.8. The van der Waals surface area contributed by atoms with Crippen molar-refractivity contribution < 1.29 is 19.6 Å². The minimum Gasteiger partial charge on any atom is -0.502 e. The molecule has 0 aromatic heterocycles. The third-order valence-electron chi connectivity index (χ3n) is 3.34. The molecular formula is C16H16N2O5. The number of ether oxygens (including phenoxy) is 1. The van der Waals surface area contributed by atoms with Crippen molar-refractivity contribution in [3.05, 3.63) is 63.7 Å². The van der Waals surface area contributed by atoms with Crippen LogP contribution in [0.3, 0.4) is 0 Å². The molecule has 120 valence electrons. The summed E-state index contributed by atoms with van der Waals surface area (Å²) < 4.78 is 5.07. The highest BCUT2D eigenvalue weighted by atomic mass is 16.6. The fourth-order valence-electron chi connectivity index (χ4n) is 2.11. The normalized spacial score (nSPS) is 10.2. The monoisotopic (exact) mass is 316 g/mol. The summed E-state index contributed by atoms with van der Waals surface area (Å²) >= 11 is 0. The maximum Gasteiger partial charge on any atom is 0.310 e. The Morgan fingerprint density at radius 2 is 1.91 bits per heavy atom. The van der Waals surface area contributed by atoms with E-state index in [-0.39, 0.29) is 11.5 Å². The largest absolute Gasteiger partial charge is 0.502 e. The Bertz CT molecular complexity index is 728. The molecule has 0 atom stereocenters. The number of nitro benzene ring substituents is 1. The third-order valence-corrected chi connectivity index (χ3v) is 3.34. The Balaban J connectivity index is 2.12. The van der Waals surface area contributed by atoms with E-state index in [1.807, 2.05) is 12.1 Å². The van der Waals surface area contributed by atoms with Crippen LogP contribution in [0.25, 0.3) is 0 Å². The fraction of sp³-hybridized carbons (Fsp3) is 0.188. The SMILES string of the molecule is COc1ccc(CN(C)C(=O)c2ccc([N+](=O)[O-])c(O)c2)cc1. The number of aromatic hydroxyl groups is 1. The molecule has 23 heavy (non-hydrogen) atoms. The summed E-state index contributed by atoms with van der Waals surface area (Å²) in [5, 5.41) is 20.3. The van der Waals surface area contributed by atoms with E-state index in [2.05, 4.69) is 0 Å². The summed E-state index contributed by atoms with van der Waals surface area (Å²) in [7, 11) is 3.19. The van der Waals surface area contributed by atoms with Gasteiger partial charge in [-0.2, -0.15) is 0 Å². The summed E-state index contributed by atoms with van der Waals surface area (Å²) in [6, 6.07) is 10.8. The number of nitrogens with zero attached hydrogens (tertiary/aromatic N) is 2. The highest BCUT2D eigenvalue weighted by Gasteiger charge is 2.18. The molecule has 1 N–H and O–H groups in total. The minimum absolute atomic E-state index is 0.184. The molecule has 0 aliphatic carbocycles. The standard InChI is InChI=1S/C16H16N2O5/c1-17(10-11-3-6-13(23-2)7-4-11)16(20)12-5-8-14(18(21)22)15(19)9-12/h3-9,19H,10H2,1-2H3. The van der Waals surface area contributed by atoms with Crippen molar-refractivity contribution in [3.63, 3.8) is 0 Å². The number of phenolic OH excluding ortho intramolecular Hbond substituents is 1. The molecule has 0 heterocycles. The molecule has 0 aliphatic heterocycles. The average Bonchev–Trinajstić information content (AvgIpc) is 2.54. The molecule has 2 aromatic carbocycles. The van der Waals surface area contributed by atoms with E-state index in [1.165, 1.54) is 11.0 Å². The summed E-state index contributed by atoms with van der Waals surface area (Å²) in [5.74, 6) is -0.146. The highest BCUT2D eigenvalue weighted by Crippen LogP contribution is 2.26. The number of benzene rings is 2.